The van der Waals surface area contributed by atoms with Gasteiger partial charge < -0.3 is 21.1 Å². The number of rotatable bonds is 1. The highest BCUT2D eigenvalue weighted by molar-refractivity contribution is 6.33. The number of hydrogen-bond donors (Lipinski definition) is 4. The third kappa shape index (κ3) is 1.41. The van der Waals surface area contributed by atoms with Crippen molar-refractivity contribution in [1.29, 1.82) is 0 Å². The molecule has 0 spiro atoms. The maximum Gasteiger partial charge on any atom is 0.164 e. The van der Waals surface area contributed by atoms with Crippen molar-refractivity contribution in [3.05, 3.63) is 16.7 Å². The van der Waals surface area contributed by atoms with Crippen LogP contribution in [0.25, 0.3) is 0 Å². The van der Waals surface area contributed by atoms with Gasteiger partial charge in [-0.3, -0.25) is 0 Å². The maximum absolute atomic E-state index is 9.68. The van der Waals surface area contributed by atoms with E-state index in [9.17, 15) is 15.3 Å². The van der Waals surface area contributed by atoms with Gasteiger partial charge in [-0.05, 0) is 19.3 Å². The van der Waals surface area contributed by atoms with Crippen molar-refractivity contribution in [2.24, 2.45) is 5.73 Å². The third-order valence-corrected chi connectivity index (χ3v) is 3.32. The molecule has 5 N–H and O–H groups in total. The summed E-state index contributed by atoms with van der Waals surface area (Å²) in [6.07, 6.45) is 2.31. The molecular formula is C10H12ClNO3. The Kier molecular flexibility index (Phi) is 2.20. The molecule has 1 aliphatic rings. The van der Waals surface area contributed by atoms with E-state index in [1.165, 1.54) is 0 Å². The van der Waals surface area contributed by atoms with Gasteiger partial charge in [0.2, 0.25) is 0 Å². The number of hydrogen-bond acceptors (Lipinski definition) is 4. The smallest absolute Gasteiger partial charge is 0.164 e. The number of aromatic hydroxyl groups is 3. The molecule has 0 amide bonds. The van der Waals surface area contributed by atoms with Crippen molar-refractivity contribution < 1.29 is 15.3 Å². The minimum atomic E-state index is -0.725. The van der Waals surface area contributed by atoms with E-state index >= 15 is 0 Å². The molecule has 0 unspecified atom stereocenters. The largest absolute Gasteiger partial charge is 0.506 e. The van der Waals surface area contributed by atoms with Crippen LogP contribution in [-0.4, -0.2) is 15.3 Å². The van der Waals surface area contributed by atoms with Gasteiger partial charge in [0.1, 0.15) is 5.75 Å². The molecule has 4 nitrogen and oxygen atoms in total. The van der Waals surface area contributed by atoms with E-state index in [1.54, 1.807) is 0 Å². The highest BCUT2D eigenvalue weighted by Gasteiger charge is 2.40. The van der Waals surface area contributed by atoms with Crippen LogP contribution in [0.4, 0.5) is 0 Å². The molecule has 15 heavy (non-hydrogen) atoms. The van der Waals surface area contributed by atoms with Crippen LogP contribution < -0.4 is 5.73 Å². The molecule has 0 aromatic heterocycles. The Bertz CT molecular complexity index is 389. The van der Waals surface area contributed by atoms with Gasteiger partial charge >= 0.3 is 0 Å². The first-order valence-electron chi connectivity index (χ1n) is 4.68. The summed E-state index contributed by atoms with van der Waals surface area (Å²) < 4.78 is 0. The molecular weight excluding hydrogens is 218 g/mol. The van der Waals surface area contributed by atoms with Gasteiger partial charge in [0.05, 0.1) is 5.02 Å². The molecule has 0 heterocycles. The lowest BCUT2D eigenvalue weighted by Crippen LogP contribution is -2.43. The van der Waals surface area contributed by atoms with Crippen LogP contribution in [0.3, 0.4) is 0 Å². The molecule has 1 aliphatic carbocycles. The topological polar surface area (TPSA) is 86.7 Å². The molecule has 5 heteroatoms. The predicted molar refractivity (Wildman–Crippen MR) is 56.2 cm³/mol. The monoisotopic (exact) mass is 229 g/mol. The van der Waals surface area contributed by atoms with Gasteiger partial charge in [0.25, 0.3) is 0 Å². The van der Waals surface area contributed by atoms with Gasteiger partial charge in [0, 0.05) is 17.2 Å². The van der Waals surface area contributed by atoms with E-state index in [0.717, 1.165) is 12.5 Å². The summed E-state index contributed by atoms with van der Waals surface area (Å²) in [5.41, 5.74) is 5.52. The van der Waals surface area contributed by atoms with Crippen LogP contribution in [0.15, 0.2) is 6.07 Å². The molecule has 82 valence electrons. The summed E-state index contributed by atoms with van der Waals surface area (Å²) in [6.45, 7) is 0. The van der Waals surface area contributed by atoms with Crippen LogP contribution in [-0.2, 0) is 5.54 Å². The molecule has 1 fully saturated rings. The van der Waals surface area contributed by atoms with Crippen molar-refractivity contribution >= 4 is 11.6 Å². The molecule has 2 rings (SSSR count). The zero-order valence-electron chi connectivity index (χ0n) is 8.00. The van der Waals surface area contributed by atoms with Gasteiger partial charge in [-0.2, -0.15) is 0 Å². The number of benzene rings is 1. The number of phenols is 3. The fraction of sp³-hybridized carbons (Fsp3) is 0.400. The van der Waals surface area contributed by atoms with Gasteiger partial charge in [0.15, 0.2) is 11.5 Å². The first kappa shape index (κ1) is 10.4. The second-order valence-corrected chi connectivity index (χ2v) is 4.34. The van der Waals surface area contributed by atoms with Crippen molar-refractivity contribution in [1.82, 2.24) is 0 Å². The predicted octanol–water partition coefficient (Wildman–Crippen LogP) is 1.79. The zero-order valence-corrected chi connectivity index (χ0v) is 8.75. The van der Waals surface area contributed by atoms with E-state index in [2.05, 4.69) is 0 Å². The summed E-state index contributed by atoms with van der Waals surface area (Å²) in [5, 5.41) is 28.5. The summed E-state index contributed by atoms with van der Waals surface area (Å²) >= 11 is 5.87. The third-order valence-electron chi connectivity index (χ3n) is 2.94. The van der Waals surface area contributed by atoms with Crippen LogP contribution >= 0.6 is 11.6 Å². The van der Waals surface area contributed by atoms with Crippen molar-refractivity contribution in [3.8, 4) is 17.2 Å². The molecule has 0 saturated heterocycles. The van der Waals surface area contributed by atoms with Gasteiger partial charge in [-0.25, -0.2) is 0 Å². The summed E-state index contributed by atoms with van der Waals surface area (Å²) in [7, 11) is 0. The number of halogens is 1. The Morgan fingerprint density at radius 3 is 2.27 bits per heavy atom. The van der Waals surface area contributed by atoms with E-state index in [1.807, 2.05) is 0 Å². The van der Waals surface area contributed by atoms with E-state index in [0.29, 0.717) is 12.8 Å². The first-order valence-corrected chi connectivity index (χ1v) is 5.06. The average Bonchev–Trinajstić information content (AvgIpc) is 2.12. The van der Waals surface area contributed by atoms with E-state index in [4.69, 9.17) is 17.3 Å². The molecule has 0 bridgehead atoms. The Morgan fingerprint density at radius 2 is 1.80 bits per heavy atom. The summed E-state index contributed by atoms with van der Waals surface area (Å²) in [6, 6.07) is 1.00. The van der Waals surface area contributed by atoms with Crippen LogP contribution in [0.5, 0.6) is 17.2 Å². The standard InChI is InChI=1S/C10H12ClNO3/c11-8-5(13)4-6(14)9(15)7(8)10(12)2-1-3-10/h4,13-15H,1-3,12H2. The molecule has 0 atom stereocenters. The number of nitrogens with two attached hydrogens (primary N) is 1. The van der Waals surface area contributed by atoms with Crippen molar-refractivity contribution in [3.63, 3.8) is 0 Å². The average molecular weight is 230 g/mol. The highest BCUT2D eigenvalue weighted by Crippen LogP contribution is 2.51. The number of phenolic OH excluding ortho intramolecular Hbond substituents is 3. The lowest BCUT2D eigenvalue weighted by molar-refractivity contribution is 0.242. The van der Waals surface area contributed by atoms with E-state index in [-0.39, 0.29) is 22.1 Å². The summed E-state index contributed by atoms with van der Waals surface area (Å²) in [5.74, 6) is -0.998. The fourth-order valence-electron chi connectivity index (χ4n) is 1.88. The Balaban J connectivity index is 2.63. The molecule has 1 aromatic carbocycles. The second-order valence-electron chi connectivity index (χ2n) is 3.96. The van der Waals surface area contributed by atoms with Crippen molar-refractivity contribution in [2.45, 2.75) is 24.8 Å². The second kappa shape index (κ2) is 3.18. The van der Waals surface area contributed by atoms with Crippen LogP contribution in [0.1, 0.15) is 24.8 Å². The normalized spacial score (nSPS) is 18.5. The SMILES string of the molecule is NC1(c2c(O)c(O)cc(O)c2Cl)CCC1. The lowest BCUT2D eigenvalue weighted by Gasteiger charge is -2.39. The Labute approximate surface area is 91.9 Å². The van der Waals surface area contributed by atoms with Crippen molar-refractivity contribution in [2.75, 3.05) is 0 Å². The van der Waals surface area contributed by atoms with E-state index < -0.39 is 11.3 Å². The summed E-state index contributed by atoms with van der Waals surface area (Å²) in [4.78, 5) is 0. The first-order chi connectivity index (χ1) is 6.96. The molecule has 1 aromatic rings. The van der Waals surface area contributed by atoms with Crippen LogP contribution in [0, 0.1) is 0 Å². The minimum Gasteiger partial charge on any atom is -0.506 e. The van der Waals surface area contributed by atoms with Gasteiger partial charge in [-0.15, -0.1) is 0 Å². The Hall–Kier alpha value is -1.13. The van der Waals surface area contributed by atoms with Crippen LogP contribution in [0.2, 0.25) is 5.02 Å². The minimum absolute atomic E-state index is 0.0208. The van der Waals surface area contributed by atoms with Gasteiger partial charge in [-0.1, -0.05) is 11.6 Å². The molecule has 1 saturated carbocycles. The lowest BCUT2D eigenvalue weighted by atomic mass is 9.72. The Morgan fingerprint density at radius 1 is 1.20 bits per heavy atom. The zero-order chi connectivity index (χ0) is 11.2. The molecule has 0 aliphatic heterocycles. The maximum atomic E-state index is 9.68. The molecule has 0 radical (unpaired) electrons. The quantitative estimate of drug-likeness (QED) is 0.437. The fourth-order valence-corrected chi connectivity index (χ4v) is 2.22. The highest BCUT2D eigenvalue weighted by atomic mass is 35.5.